The molecule has 1 N–H and O–H groups in total. The lowest BCUT2D eigenvalue weighted by atomic mass is 9.71. The highest BCUT2D eigenvalue weighted by Crippen LogP contribution is 2.42. The molecule has 0 aromatic heterocycles. The Morgan fingerprint density at radius 3 is 2.38 bits per heavy atom. The maximum absolute atomic E-state index is 12.4. The monoisotopic (exact) mass is 180 g/mol. The van der Waals surface area contributed by atoms with Gasteiger partial charge in [-0.05, 0) is 42.4 Å². The number of phenolic OH excluding ortho intramolecular Hbond substituents is 1. The van der Waals surface area contributed by atoms with Crippen LogP contribution in [0.4, 0.5) is 4.39 Å². The van der Waals surface area contributed by atoms with E-state index >= 15 is 0 Å². The minimum Gasteiger partial charge on any atom is -0.508 e. The molecule has 0 spiro atoms. The third-order valence-corrected chi connectivity index (χ3v) is 2.94. The summed E-state index contributed by atoms with van der Waals surface area (Å²) in [6, 6.07) is 7.12. The Morgan fingerprint density at radius 1 is 1.23 bits per heavy atom. The Hall–Kier alpha value is -1.05. The lowest BCUT2D eigenvalue weighted by Gasteiger charge is -2.35. The Bertz CT molecular complexity index is 279. The summed E-state index contributed by atoms with van der Waals surface area (Å²) in [5.41, 5.74) is 1.16. The van der Waals surface area contributed by atoms with Crippen LogP contribution in [0.25, 0.3) is 0 Å². The van der Waals surface area contributed by atoms with Crippen molar-refractivity contribution in [1.82, 2.24) is 0 Å². The molecule has 13 heavy (non-hydrogen) atoms. The molecule has 0 aliphatic heterocycles. The van der Waals surface area contributed by atoms with Gasteiger partial charge in [-0.1, -0.05) is 12.1 Å². The number of benzene rings is 1. The Kier molecular flexibility index (Phi) is 2.21. The number of rotatable bonds is 2. The van der Waals surface area contributed by atoms with E-state index in [-0.39, 0.29) is 18.3 Å². The molecule has 2 unspecified atom stereocenters. The lowest BCUT2D eigenvalue weighted by molar-refractivity contribution is 0.200. The standard InChI is InChI=1S/C11H13FO/c12-7-9-3-6-11(9)8-1-4-10(13)5-2-8/h1-2,4-5,9,11,13H,3,6-7H2. The first-order chi connectivity index (χ1) is 6.31. The second-order valence-electron chi connectivity index (χ2n) is 3.69. The predicted molar refractivity (Wildman–Crippen MR) is 49.5 cm³/mol. The van der Waals surface area contributed by atoms with Crippen molar-refractivity contribution in [2.24, 2.45) is 5.92 Å². The maximum atomic E-state index is 12.4. The number of alkyl halides is 1. The largest absolute Gasteiger partial charge is 0.508 e. The van der Waals surface area contributed by atoms with Crippen molar-refractivity contribution >= 4 is 0 Å². The Morgan fingerprint density at radius 2 is 1.92 bits per heavy atom. The van der Waals surface area contributed by atoms with E-state index in [4.69, 9.17) is 5.11 Å². The van der Waals surface area contributed by atoms with Gasteiger partial charge in [0.1, 0.15) is 5.75 Å². The molecule has 0 bridgehead atoms. The minimum absolute atomic E-state index is 0.213. The van der Waals surface area contributed by atoms with E-state index in [0.29, 0.717) is 5.92 Å². The number of hydrogen-bond donors (Lipinski definition) is 1. The van der Waals surface area contributed by atoms with Crippen LogP contribution in [0.1, 0.15) is 24.3 Å². The SMILES string of the molecule is Oc1ccc(C2CCC2CF)cc1. The highest BCUT2D eigenvalue weighted by Gasteiger charge is 2.31. The van der Waals surface area contributed by atoms with E-state index in [2.05, 4.69) is 0 Å². The van der Waals surface area contributed by atoms with Crippen molar-refractivity contribution in [2.75, 3.05) is 6.67 Å². The zero-order valence-corrected chi connectivity index (χ0v) is 7.41. The van der Waals surface area contributed by atoms with Crippen molar-refractivity contribution < 1.29 is 9.50 Å². The molecule has 70 valence electrons. The van der Waals surface area contributed by atoms with Gasteiger partial charge in [-0.2, -0.15) is 0 Å². The number of phenols is 1. The summed E-state index contributed by atoms with van der Waals surface area (Å²) >= 11 is 0. The molecular formula is C11H13FO. The van der Waals surface area contributed by atoms with Crippen molar-refractivity contribution in [3.8, 4) is 5.75 Å². The van der Waals surface area contributed by atoms with Crippen molar-refractivity contribution in [3.63, 3.8) is 0 Å². The first-order valence-electron chi connectivity index (χ1n) is 4.66. The molecule has 0 amide bonds. The summed E-state index contributed by atoms with van der Waals surface area (Å²) in [6.07, 6.45) is 2.08. The quantitative estimate of drug-likeness (QED) is 0.742. The van der Waals surface area contributed by atoms with Crippen LogP contribution in [0.15, 0.2) is 24.3 Å². The molecule has 1 aliphatic carbocycles. The molecule has 0 radical (unpaired) electrons. The minimum atomic E-state index is -0.217. The van der Waals surface area contributed by atoms with E-state index in [1.165, 1.54) is 0 Å². The van der Waals surface area contributed by atoms with E-state index in [1.807, 2.05) is 12.1 Å². The van der Waals surface area contributed by atoms with Crippen molar-refractivity contribution in [1.29, 1.82) is 0 Å². The fraction of sp³-hybridized carbons (Fsp3) is 0.455. The second-order valence-corrected chi connectivity index (χ2v) is 3.69. The molecule has 1 aromatic rings. The molecule has 0 saturated heterocycles. The van der Waals surface area contributed by atoms with E-state index in [9.17, 15) is 4.39 Å². The van der Waals surface area contributed by atoms with Gasteiger partial charge < -0.3 is 5.11 Å². The van der Waals surface area contributed by atoms with Crippen LogP contribution >= 0.6 is 0 Å². The van der Waals surface area contributed by atoms with Crippen LogP contribution in [-0.2, 0) is 0 Å². The molecule has 2 heteroatoms. The van der Waals surface area contributed by atoms with E-state index in [0.717, 1.165) is 18.4 Å². The highest BCUT2D eigenvalue weighted by atomic mass is 19.1. The average Bonchev–Trinajstić information content (AvgIpc) is 2.08. The average molecular weight is 180 g/mol. The van der Waals surface area contributed by atoms with Gasteiger partial charge in [-0.3, -0.25) is 4.39 Å². The molecule has 1 aliphatic rings. The predicted octanol–water partition coefficient (Wildman–Crippen LogP) is 2.86. The molecule has 1 fully saturated rings. The van der Waals surface area contributed by atoms with Gasteiger partial charge in [0.15, 0.2) is 0 Å². The summed E-state index contributed by atoms with van der Waals surface area (Å²) in [5.74, 6) is 0.870. The zero-order valence-electron chi connectivity index (χ0n) is 7.41. The Balaban J connectivity index is 2.12. The molecule has 1 nitrogen and oxygen atoms in total. The first-order valence-corrected chi connectivity index (χ1v) is 4.66. The molecule has 2 rings (SSSR count). The molecule has 2 atom stereocenters. The number of halogens is 1. The third-order valence-electron chi connectivity index (χ3n) is 2.94. The maximum Gasteiger partial charge on any atom is 0.115 e. The molecule has 1 aromatic carbocycles. The summed E-state index contributed by atoms with van der Waals surface area (Å²) in [7, 11) is 0. The highest BCUT2D eigenvalue weighted by molar-refractivity contribution is 5.29. The zero-order chi connectivity index (χ0) is 9.26. The van der Waals surface area contributed by atoms with Gasteiger partial charge in [-0.25, -0.2) is 0 Å². The second kappa shape index (κ2) is 3.36. The van der Waals surface area contributed by atoms with Crippen LogP contribution in [0.5, 0.6) is 5.75 Å². The lowest BCUT2D eigenvalue weighted by Crippen LogP contribution is -2.25. The molecule has 1 saturated carbocycles. The van der Waals surface area contributed by atoms with Crippen LogP contribution in [0, 0.1) is 5.92 Å². The number of aromatic hydroxyl groups is 1. The van der Waals surface area contributed by atoms with Crippen LogP contribution in [-0.4, -0.2) is 11.8 Å². The van der Waals surface area contributed by atoms with E-state index in [1.54, 1.807) is 12.1 Å². The summed E-state index contributed by atoms with van der Waals surface area (Å²) < 4.78 is 12.4. The molecular weight excluding hydrogens is 167 g/mol. The molecule has 0 heterocycles. The van der Waals surface area contributed by atoms with E-state index < -0.39 is 0 Å². The summed E-state index contributed by atoms with van der Waals surface area (Å²) in [5, 5.41) is 9.08. The van der Waals surface area contributed by atoms with Crippen LogP contribution in [0.3, 0.4) is 0 Å². The van der Waals surface area contributed by atoms with Crippen LogP contribution in [0.2, 0.25) is 0 Å². The van der Waals surface area contributed by atoms with Crippen molar-refractivity contribution in [2.45, 2.75) is 18.8 Å². The van der Waals surface area contributed by atoms with Gasteiger partial charge in [0.25, 0.3) is 0 Å². The van der Waals surface area contributed by atoms with Gasteiger partial charge in [0.2, 0.25) is 0 Å². The topological polar surface area (TPSA) is 20.2 Å². The van der Waals surface area contributed by atoms with Gasteiger partial charge in [0, 0.05) is 0 Å². The fourth-order valence-corrected chi connectivity index (χ4v) is 1.91. The summed E-state index contributed by atoms with van der Waals surface area (Å²) in [6.45, 7) is -0.217. The third kappa shape index (κ3) is 1.53. The first kappa shape index (κ1) is 8.54. The fourth-order valence-electron chi connectivity index (χ4n) is 1.91. The normalized spacial score (nSPS) is 26.8. The van der Waals surface area contributed by atoms with Crippen LogP contribution < -0.4 is 0 Å². The number of hydrogen-bond acceptors (Lipinski definition) is 1. The van der Waals surface area contributed by atoms with Gasteiger partial charge >= 0.3 is 0 Å². The van der Waals surface area contributed by atoms with Gasteiger partial charge in [0.05, 0.1) is 6.67 Å². The summed E-state index contributed by atoms with van der Waals surface area (Å²) in [4.78, 5) is 0. The van der Waals surface area contributed by atoms with Crippen molar-refractivity contribution in [3.05, 3.63) is 29.8 Å². The van der Waals surface area contributed by atoms with Gasteiger partial charge in [-0.15, -0.1) is 0 Å². The Labute approximate surface area is 77.2 Å². The smallest absolute Gasteiger partial charge is 0.115 e.